The summed E-state index contributed by atoms with van der Waals surface area (Å²) in [6.07, 6.45) is 2.65. The third kappa shape index (κ3) is 2.67. The molecule has 0 aromatic carbocycles. The topological polar surface area (TPSA) is 89.2 Å². The van der Waals surface area contributed by atoms with Gasteiger partial charge in [0, 0.05) is 24.6 Å². The molecule has 1 N–H and O–H groups in total. The summed E-state index contributed by atoms with van der Waals surface area (Å²) in [7, 11) is -3.15. The average molecular weight is 283 g/mol. The van der Waals surface area contributed by atoms with Crippen molar-refractivity contribution >= 4 is 21.4 Å². The highest BCUT2D eigenvalue weighted by Gasteiger charge is 2.30. The fourth-order valence-electron chi connectivity index (χ4n) is 1.49. The quantitative estimate of drug-likeness (QED) is 0.887. The molecule has 0 aliphatic carbocycles. The summed E-state index contributed by atoms with van der Waals surface area (Å²) in [6.45, 7) is 5.50. The third-order valence-corrected chi connectivity index (χ3v) is 5.23. The summed E-state index contributed by atoms with van der Waals surface area (Å²) in [4.78, 5) is 8.24. The maximum atomic E-state index is 11.7. The zero-order valence-electron chi connectivity index (χ0n) is 11.4. The Bertz CT molecular complexity index is 705. The number of rotatable bonds is 4. The molecule has 0 aliphatic heterocycles. The molecule has 8 heteroatoms. The van der Waals surface area contributed by atoms with Crippen molar-refractivity contribution in [1.29, 1.82) is 0 Å². The van der Waals surface area contributed by atoms with Gasteiger partial charge in [0.1, 0.15) is 12.1 Å². The summed E-state index contributed by atoms with van der Waals surface area (Å²) in [5, 5.41) is 7.16. The summed E-state index contributed by atoms with van der Waals surface area (Å²) in [6, 6.07) is 1.81. The van der Waals surface area contributed by atoms with E-state index in [4.69, 9.17) is 0 Å². The van der Waals surface area contributed by atoms with Gasteiger partial charge >= 0.3 is 0 Å². The van der Waals surface area contributed by atoms with Crippen molar-refractivity contribution in [3.05, 3.63) is 18.1 Å². The molecule has 0 aliphatic rings. The van der Waals surface area contributed by atoms with Crippen molar-refractivity contribution in [1.82, 2.24) is 19.6 Å². The average Bonchev–Trinajstić information content (AvgIpc) is 2.72. The van der Waals surface area contributed by atoms with Crippen LogP contribution in [0.4, 0.5) is 5.82 Å². The largest absolute Gasteiger partial charge is 0.368 e. The van der Waals surface area contributed by atoms with Gasteiger partial charge in [0.15, 0.2) is 9.84 Å². The summed E-state index contributed by atoms with van der Waals surface area (Å²) < 4.78 is 24.0. The van der Waals surface area contributed by atoms with Gasteiger partial charge in [0.05, 0.1) is 4.75 Å². The zero-order valence-corrected chi connectivity index (χ0v) is 12.2. The molecule has 104 valence electrons. The van der Waals surface area contributed by atoms with Crippen molar-refractivity contribution in [2.45, 2.75) is 25.5 Å². The van der Waals surface area contributed by atoms with Gasteiger partial charge in [-0.2, -0.15) is 14.6 Å². The number of nitrogens with one attached hydrogen (secondary N) is 1. The first-order valence-corrected chi connectivity index (χ1v) is 7.71. The summed E-state index contributed by atoms with van der Waals surface area (Å²) in [5.74, 6) is 1.16. The first-order valence-electron chi connectivity index (χ1n) is 5.81. The second kappa shape index (κ2) is 4.44. The molecular formula is C11H17N5O2S. The van der Waals surface area contributed by atoms with Crippen LogP contribution in [0, 0.1) is 6.92 Å². The zero-order chi connectivity index (χ0) is 14.3. The minimum atomic E-state index is -3.15. The lowest BCUT2D eigenvalue weighted by atomic mass is 10.2. The molecule has 0 saturated heterocycles. The van der Waals surface area contributed by atoms with E-state index >= 15 is 0 Å². The smallest absolute Gasteiger partial charge is 0.254 e. The second-order valence-corrected chi connectivity index (χ2v) is 7.79. The molecule has 2 aromatic heterocycles. The Morgan fingerprint density at radius 2 is 2.11 bits per heavy atom. The Kier molecular flexibility index (Phi) is 3.21. The number of fused-ring (bicyclic) bond motifs is 1. The van der Waals surface area contributed by atoms with Gasteiger partial charge in [-0.1, -0.05) is 0 Å². The lowest BCUT2D eigenvalue weighted by molar-refractivity contribution is 0.559. The van der Waals surface area contributed by atoms with Crippen LogP contribution in [-0.2, 0) is 9.84 Å². The van der Waals surface area contributed by atoms with E-state index in [1.807, 2.05) is 6.92 Å². The lowest BCUT2D eigenvalue weighted by Gasteiger charge is -2.23. The maximum Gasteiger partial charge on any atom is 0.254 e. The van der Waals surface area contributed by atoms with Crippen LogP contribution in [0.2, 0.25) is 0 Å². The Balaban J connectivity index is 2.30. The standard InChI is InChI=1S/C11H17N5O2S/c1-8-5-9(16-10(15-8)13-7-14-16)12-6-11(2,3)19(4,17)18/h5,7,12H,6H2,1-4H3. The number of anilines is 1. The highest BCUT2D eigenvalue weighted by molar-refractivity contribution is 7.92. The molecule has 19 heavy (non-hydrogen) atoms. The van der Waals surface area contributed by atoms with Gasteiger partial charge in [0.2, 0.25) is 0 Å². The van der Waals surface area contributed by atoms with E-state index in [2.05, 4.69) is 20.4 Å². The molecule has 0 fully saturated rings. The van der Waals surface area contributed by atoms with Crippen molar-refractivity contribution in [3.63, 3.8) is 0 Å². The monoisotopic (exact) mass is 283 g/mol. The first-order chi connectivity index (χ1) is 8.71. The molecule has 7 nitrogen and oxygen atoms in total. The third-order valence-electron chi connectivity index (χ3n) is 3.08. The summed E-state index contributed by atoms with van der Waals surface area (Å²) in [5.41, 5.74) is 0.792. The van der Waals surface area contributed by atoms with E-state index in [-0.39, 0.29) is 6.54 Å². The first kappa shape index (κ1) is 13.7. The van der Waals surface area contributed by atoms with E-state index < -0.39 is 14.6 Å². The Morgan fingerprint density at radius 1 is 1.42 bits per heavy atom. The molecule has 0 atom stereocenters. The Labute approximate surface area is 112 Å². The lowest BCUT2D eigenvalue weighted by Crippen LogP contribution is -2.38. The molecular weight excluding hydrogens is 266 g/mol. The number of aryl methyl sites for hydroxylation is 1. The number of aromatic nitrogens is 4. The van der Waals surface area contributed by atoms with E-state index in [0.717, 1.165) is 5.69 Å². The van der Waals surface area contributed by atoms with E-state index in [0.29, 0.717) is 11.6 Å². The Hall–Kier alpha value is -1.70. The Morgan fingerprint density at radius 3 is 2.74 bits per heavy atom. The SMILES string of the molecule is Cc1cc(NCC(C)(C)S(C)(=O)=O)n2ncnc2n1. The molecule has 0 spiro atoms. The van der Waals surface area contributed by atoms with Crippen LogP contribution in [0.3, 0.4) is 0 Å². The second-order valence-electron chi connectivity index (χ2n) is 5.14. The van der Waals surface area contributed by atoms with Crippen LogP contribution in [0.5, 0.6) is 0 Å². The molecule has 2 rings (SSSR count). The fraction of sp³-hybridized carbons (Fsp3) is 0.545. The predicted molar refractivity (Wildman–Crippen MR) is 72.9 cm³/mol. The van der Waals surface area contributed by atoms with Crippen LogP contribution in [-0.4, -0.2) is 45.5 Å². The van der Waals surface area contributed by atoms with Crippen LogP contribution < -0.4 is 5.32 Å². The minimum Gasteiger partial charge on any atom is -0.368 e. The molecule has 0 unspecified atom stereocenters. The number of hydrogen-bond acceptors (Lipinski definition) is 6. The summed E-state index contributed by atoms with van der Waals surface area (Å²) >= 11 is 0. The molecule has 2 heterocycles. The van der Waals surface area contributed by atoms with E-state index in [1.165, 1.54) is 12.6 Å². The van der Waals surface area contributed by atoms with Crippen molar-refractivity contribution in [2.75, 3.05) is 18.1 Å². The van der Waals surface area contributed by atoms with Gasteiger partial charge in [0.25, 0.3) is 5.78 Å². The number of sulfone groups is 1. The highest BCUT2D eigenvalue weighted by Crippen LogP contribution is 2.17. The normalized spacial score (nSPS) is 12.8. The van der Waals surface area contributed by atoms with E-state index in [1.54, 1.807) is 24.4 Å². The van der Waals surface area contributed by atoms with Gasteiger partial charge < -0.3 is 5.32 Å². The molecule has 2 aromatic rings. The minimum absolute atomic E-state index is 0.282. The molecule has 0 amide bonds. The predicted octanol–water partition coefficient (Wildman–Crippen LogP) is 0.668. The molecule has 0 radical (unpaired) electrons. The van der Waals surface area contributed by atoms with Crippen LogP contribution in [0.1, 0.15) is 19.5 Å². The van der Waals surface area contributed by atoms with Crippen LogP contribution in [0.15, 0.2) is 12.4 Å². The van der Waals surface area contributed by atoms with Crippen LogP contribution in [0.25, 0.3) is 5.78 Å². The van der Waals surface area contributed by atoms with Gasteiger partial charge in [-0.3, -0.25) is 0 Å². The van der Waals surface area contributed by atoms with Gasteiger partial charge in [-0.25, -0.2) is 13.4 Å². The number of hydrogen-bond donors (Lipinski definition) is 1. The van der Waals surface area contributed by atoms with E-state index in [9.17, 15) is 8.42 Å². The van der Waals surface area contributed by atoms with Crippen molar-refractivity contribution < 1.29 is 8.42 Å². The fourth-order valence-corrected chi connectivity index (χ4v) is 1.83. The van der Waals surface area contributed by atoms with Crippen molar-refractivity contribution in [3.8, 4) is 0 Å². The molecule has 0 bridgehead atoms. The van der Waals surface area contributed by atoms with Gasteiger partial charge in [-0.15, -0.1) is 0 Å². The maximum absolute atomic E-state index is 11.7. The van der Waals surface area contributed by atoms with Gasteiger partial charge in [-0.05, 0) is 20.8 Å². The van der Waals surface area contributed by atoms with Crippen LogP contribution >= 0.6 is 0 Å². The molecule has 0 saturated carbocycles. The van der Waals surface area contributed by atoms with Crippen molar-refractivity contribution in [2.24, 2.45) is 0 Å². The number of nitrogens with zero attached hydrogens (tertiary/aromatic N) is 4. The highest BCUT2D eigenvalue weighted by atomic mass is 32.2.